The van der Waals surface area contributed by atoms with E-state index in [1.807, 2.05) is 37.3 Å². The van der Waals surface area contributed by atoms with Gasteiger partial charge in [0.2, 0.25) is 0 Å². The molecule has 0 aliphatic heterocycles. The molecule has 3 N–H and O–H groups in total. The van der Waals surface area contributed by atoms with Gasteiger partial charge in [-0.05, 0) is 37.3 Å². The van der Waals surface area contributed by atoms with Crippen molar-refractivity contribution in [1.29, 1.82) is 0 Å². The van der Waals surface area contributed by atoms with Crippen LogP contribution < -0.4 is 15.8 Å². The Morgan fingerprint density at radius 2 is 2.08 bits per heavy atom. The lowest BCUT2D eigenvalue weighted by molar-refractivity contribution is 0.102. The van der Waals surface area contributed by atoms with E-state index >= 15 is 0 Å². The second-order valence-electron chi connectivity index (χ2n) is 5.10. The molecule has 0 bridgehead atoms. The van der Waals surface area contributed by atoms with Crippen molar-refractivity contribution in [3.63, 3.8) is 0 Å². The van der Waals surface area contributed by atoms with Crippen LogP contribution in [0.15, 0.2) is 53.0 Å². The number of benzene rings is 2. The van der Waals surface area contributed by atoms with Crippen LogP contribution in [-0.2, 0) is 0 Å². The summed E-state index contributed by atoms with van der Waals surface area (Å²) >= 11 is 3.39. The number of nitrogen functional groups attached to an aromatic ring is 1. The van der Waals surface area contributed by atoms with E-state index in [9.17, 15) is 4.79 Å². The molecule has 0 fully saturated rings. The van der Waals surface area contributed by atoms with Crippen LogP contribution in [0, 0.1) is 0 Å². The maximum atomic E-state index is 12.5. The van der Waals surface area contributed by atoms with Crippen LogP contribution in [0.4, 0.5) is 11.5 Å². The van der Waals surface area contributed by atoms with Crippen molar-refractivity contribution in [3.8, 4) is 11.4 Å². The van der Waals surface area contributed by atoms with E-state index in [2.05, 4.69) is 31.6 Å². The number of nitrogens with one attached hydrogen (secondary N) is 1. The predicted molar refractivity (Wildman–Crippen MR) is 99.0 cm³/mol. The fourth-order valence-electron chi connectivity index (χ4n) is 2.28. The maximum absolute atomic E-state index is 12.5. The maximum Gasteiger partial charge on any atom is 0.280 e. The fraction of sp³-hybridized carbons (Fsp3) is 0.118. The average Bonchev–Trinajstić information content (AvgIpc) is 2.98. The summed E-state index contributed by atoms with van der Waals surface area (Å²) in [4.78, 5) is 12.5. The Hall–Kier alpha value is -2.87. The molecule has 0 unspecified atom stereocenters. The topological polar surface area (TPSA) is 95.1 Å². The van der Waals surface area contributed by atoms with Crippen LogP contribution in [-0.4, -0.2) is 27.5 Å². The molecule has 2 aromatic carbocycles. The summed E-state index contributed by atoms with van der Waals surface area (Å²) in [6, 6.07) is 14.5. The van der Waals surface area contributed by atoms with Crippen molar-refractivity contribution in [3.05, 3.63) is 58.7 Å². The van der Waals surface area contributed by atoms with Crippen LogP contribution in [0.3, 0.4) is 0 Å². The van der Waals surface area contributed by atoms with Gasteiger partial charge in [-0.1, -0.05) is 39.3 Å². The number of carbonyl (C=O) groups is 1. The van der Waals surface area contributed by atoms with Crippen molar-refractivity contribution in [2.75, 3.05) is 17.7 Å². The highest BCUT2D eigenvalue weighted by atomic mass is 79.9. The van der Waals surface area contributed by atoms with Crippen LogP contribution in [0.2, 0.25) is 0 Å². The number of anilines is 2. The third kappa shape index (κ3) is 3.63. The van der Waals surface area contributed by atoms with Gasteiger partial charge in [0.25, 0.3) is 5.91 Å². The van der Waals surface area contributed by atoms with Gasteiger partial charge in [-0.2, -0.15) is 4.68 Å². The van der Waals surface area contributed by atoms with Crippen LogP contribution >= 0.6 is 15.9 Å². The molecule has 0 spiro atoms. The minimum absolute atomic E-state index is 0.0475. The molecule has 0 radical (unpaired) electrons. The molecule has 7 nitrogen and oxygen atoms in total. The SMILES string of the molecule is CCOc1ccccc1NC(=O)c1nnn(-c2cccc(Br)c2)c1N. The molecule has 1 aromatic heterocycles. The molecule has 25 heavy (non-hydrogen) atoms. The normalized spacial score (nSPS) is 10.5. The zero-order valence-electron chi connectivity index (χ0n) is 13.4. The lowest BCUT2D eigenvalue weighted by Crippen LogP contribution is -2.15. The summed E-state index contributed by atoms with van der Waals surface area (Å²) in [5.41, 5.74) is 7.36. The molecule has 0 aliphatic rings. The number of amides is 1. The smallest absolute Gasteiger partial charge is 0.280 e. The van der Waals surface area contributed by atoms with Gasteiger partial charge in [0, 0.05) is 4.47 Å². The first-order valence-electron chi connectivity index (χ1n) is 7.60. The first-order valence-corrected chi connectivity index (χ1v) is 8.39. The number of ether oxygens (including phenoxy) is 1. The Bertz CT molecular complexity index is 910. The number of nitrogens with zero attached hydrogens (tertiary/aromatic N) is 3. The first kappa shape index (κ1) is 17.0. The highest BCUT2D eigenvalue weighted by Gasteiger charge is 2.19. The lowest BCUT2D eigenvalue weighted by atomic mass is 10.2. The summed E-state index contributed by atoms with van der Waals surface area (Å²) in [6.07, 6.45) is 0. The van der Waals surface area contributed by atoms with Crippen LogP contribution in [0.5, 0.6) is 5.75 Å². The Labute approximate surface area is 152 Å². The molecule has 0 aliphatic carbocycles. The van der Waals surface area contributed by atoms with Crippen LogP contribution in [0.1, 0.15) is 17.4 Å². The number of halogens is 1. The van der Waals surface area contributed by atoms with E-state index in [-0.39, 0.29) is 11.5 Å². The predicted octanol–water partition coefficient (Wildman–Crippen LogP) is 3.26. The largest absolute Gasteiger partial charge is 0.492 e. The van der Waals surface area contributed by atoms with Crippen molar-refractivity contribution < 1.29 is 9.53 Å². The molecule has 3 rings (SSSR count). The fourth-order valence-corrected chi connectivity index (χ4v) is 2.67. The van der Waals surface area contributed by atoms with E-state index in [0.717, 1.165) is 4.47 Å². The summed E-state index contributed by atoms with van der Waals surface area (Å²) < 4.78 is 7.78. The Kier molecular flexibility index (Phi) is 4.99. The van der Waals surface area contributed by atoms with E-state index in [1.54, 1.807) is 18.2 Å². The summed E-state index contributed by atoms with van der Waals surface area (Å²) in [7, 11) is 0. The Balaban J connectivity index is 1.87. The third-order valence-corrected chi connectivity index (χ3v) is 3.90. The van der Waals surface area contributed by atoms with Gasteiger partial charge >= 0.3 is 0 Å². The molecule has 128 valence electrons. The summed E-state index contributed by atoms with van der Waals surface area (Å²) in [5, 5.41) is 10.7. The first-order chi connectivity index (χ1) is 12.1. The van der Waals surface area contributed by atoms with Crippen molar-refractivity contribution >= 4 is 33.3 Å². The highest BCUT2D eigenvalue weighted by Crippen LogP contribution is 2.25. The molecular weight excluding hydrogens is 386 g/mol. The summed E-state index contributed by atoms with van der Waals surface area (Å²) in [6.45, 7) is 2.37. The molecule has 1 heterocycles. The van der Waals surface area contributed by atoms with Gasteiger partial charge in [-0.15, -0.1) is 5.10 Å². The van der Waals surface area contributed by atoms with Gasteiger partial charge in [0.1, 0.15) is 5.75 Å². The summed E-state index contributed by atoms with van der Waals surface area (Å²) in [5.74, 6) is 0.284. The minimum atomic E-state index is -0.453. The molecule has 8 heteroatoms. The lowest BCUT2D eigenvalue weighted by Gasteiger charge is -2.10. The molecular formula is C17H16BrN5O2. The van der Waals surface area contributed by atoms with Crippen molar-refractivity contribution in [2.24, 2.45) is 0 Å². The van der Waals surface area contributed by atoms with Gasteiger partial charge in [-0.3, -0.25) is 4.79 Å². The Morgan fingerprint density at radius 3 is 2.84 bits per heavy atom. The van der Waals surface area contributed by atoms with E-state index in [1.165, 1.54) is 4.68 Å². The molecule has 0 saturated carbocycles. The molecule has 1 amide bonds. The minimum Gasteiger partial charge on any atom is -0.492 e. The number of aromatic nitrogens is 3. The van der Waals surface area contributed by atoms with Gasteiger partial charge in [0.15, 0.2) is 11.5 Å². The number of hydrogen-bond donors (Lipinski definition) is 2. The van der Waals surface area contributed by atoms with E-state index < -0.39 is 5.91 Å². The molecule has 0 atom stereocenters. The van der Waals surface area contributed by atoms with Gasteiger partial charge in [-0.25, -0.2) is 0 Å². The third-order valence-electron chi connectivity index (χ3n) is 3.41. The molecule has 3 aromatic rings. The van der Waals surface area contributed by atoms with E-state index in [4.69, 9.17) is 10.5 Å². The second-order valence-corrected chi connectivity index (χ2v) is 6.01. The highest BCUT2D eigenvalue weighted by molar-refractivity contribution is 9.10. The van der Waals surface area contributed by atoms with Crippen LogP contribution in [0.25, 0.3) is 5.69 Å². The number of rotatable bonds is 5. The van der Waals surface area contributed by atoms with Gasteiger partial charge in [0.05, 0.1) is 18.0 Å². The number of carbonyl (C=O) groups excluding carboxylic acids is 1. The number of para-hydroxylation sites is 2. The number of hydrogen-bond acceptors (Lipinski definition) is 5. The van der Waals surface area contributed by atoms with Crippen molar-refractivity contribution in [1.82, 2.24) is 15.0 Å². The zero-order valence-corrected chi connectivity index (χ0v) is 15.0. The second kappa shape index (κ2) is 7.35. The quantitative estimate of drug-likeness (QED) is 0.683. The standard InChI is InChI=1S/C17H16BrN5O2/c1-2-25-14-9-4-3-8-13(14)20-17(24)15-16(19)23(22-21-15)12-7-5-6-11(18)10-12/h3-10H,2,19H2,1H3,(H,20,24). The Morgan fingerprint density at radius 1 is 1.28 bits per heavy atom. The van der Waals surface area contributed by atoms with E-state index in [0.29, 0.717) is 23.7 Å². The molecule has 0 saturated heterocycles. The monoisotopic (exact) mass is 401 g/mol. The van der Waals surface area contributed by atoms with Crippen molar-refractivity contribution in [2.45, 2.75) is 6.92 Å². The average molecular weight is 402 g/mol. The number of nitrogens with two attached hydrogens (primary N) is 1. The van der Waals surface area contributed by atoms with Gasteiger partial charge < -0.3 is 15.8 Å². The zero-order chi connectivity index (χ0) is 17.8.